The molecule has 0 amide bonds. The molecule has 11 heavy (non-hydrogen) atoms. The second-order valence-electron chi connectivity index (χ2n) is 2.50. The Hall–Kier alpha value is -1.18. The van der Waals surface area contributed by atoms with Crippen LogP contribution < -0.4 is 0 Å². The van der Waals surface area contributed by atoms with E-state index in [-0.39, 0.29) is 0 Å². The van der Waals surface area contributed by atoms with Crippen LogP contribution in [0.25, 0.3) is 11.0 Å². The molecule has 0 fully saturated rings. The molecule has 52 valence electrons. The zero-order valence-corrected chi connectivity index (χ0v) is 6.08. The maximum atomic E-state index is 5.48. The minimum Gasteiger partial charge on any atom is -0.464 e. The van der Waals surface area contributed by atoms with Gasteiger partial charge in [0.15, 0.2) is 0 Å². The van der Waals surface area contributed by atoms with Gasteiger partial charge in [0, 0.05) is 5.39 Å². The predicted molar refractivity (Wildman–Crippen MR) is 45.7 cm³/mol. The SMILES string of the molecule is [B]Cc1ccc2occc2c1. The summed E-state index contributed by atoms with van der Waals surface area (Å²) in [4.78, 5) is 0. The summed E-state index contributed by atoms with van der Waals surface area (Å²) in [5.41, 5.74) is 2.06. The van der Waals surface area contributed by atoms with Crippen molar-refractivity contribution in [1.29, 1.82) is 0 Å². The molecule has 1 aromatic heterocycles. The van der Waals surface area contributed by atoms with E-state index >= 15 is 0 Å². The molecular weight excluding hydrogens is 135 g/mol. The Labute approximate surface area is 66.4 Å². The highest BCUT2D eigenvalue weighted by Gasteiger charge is 1.95. The highest BCUT2D eigenvalue weighted by molar-refractivity contribution is 6.08. The lowest BCUT2D eigenvalue weighted by molar-refractivity contribution is 0.616. The Bertz CT molecular complexity index is 364. The average molecular weight is 142 g/mol. The summed E-state index contributed by atoms with van der Waals surface area (Å²) in [5, 5.41) is 1.12. The molecule has 0 atom stereocenters. The lowest BCUT2D eigenvalue weighted by atomic mass is 9.96. The van der Waals surface area contributed by atoms with Crippen molar-refractivity contribution in [1.82, 2.24) is 0 Å². The molecule has 2 rings (SSSR count). The van der Waals surface area contributed by atoms with Gasteiger partial charge in [0.2, 0.25) is 0 Å². The number of hydrogen-bond donors (Lipinski definition) is 0. The van der Waals surface area contributed by atoms with Crippen molar-refractivity contribution in [3.05, 3.63) is 36.1 Å². The van der Waals surface area contributed by atoms with Crippen LogP contribution in [0.2, 0.25) is 0 Å². The molecule has 1 heterocycles. The lowest BCUT2D eigenvalue weighted by Crippen LogP contribution is -1.80. The summed E-state index contributed by atoms with van der Waals surface area (Å²) >= 11 is 0. The van der Waals surface area contributed by atoms with E-state index in [4.69, 9.17) is 12.3 Å². The quantitative estimate of drug-likeness (QED) is 0.555. The molecule has 0 saturated carbocycles. The first kappa shape index (κ1) is 6.53. The van der Waals surface area contributed by atoms with Gasteiger partial charge in [-0.2, -0.15) is 0 Å². The van der Waals surface area contributed by atoms with Crippen molar-refractivity contribution in [3.63, 3.8) is 0 Å². The summed E-state index contributed by atoms with van der Waals surface area (Å²) in [6.45, 7) is 0. The Morgan fingerprint density at radius 3 is 3.00 bits per heavy atom. The molecule has 1 nitrogen and oxygen atoms in total. The van der Waals surface area contributed by atoms with E-state index in [1.807, 2.05) is 24.3 Å². The van der Waals surface area contributed by atoms with E-state index in [1.165, 1.54) is 0 Å². The zero-order chi connectivity index (χ0) is 7.68. The van der Waals surface area contributed by atoms with Crippen LogP contribution in [0.5, 0.6) is 0 Å². The van der Waals surface area contributed by atoms with Gasteiger partial charge in [-0.3, -0.25) is 0 Å². The number of hydrogen-bond acceptors (Lipinski definition) is 1. The molecule has 0 aliphatic carbocycles. The van der Waals surface area contributed by atoms with Gasteiger partial charge in [-0.05, 0) is 18.2 Å². The molecule has 0 N–H and O–H groups in total. The molecule has 0 aliphatic rings. The molecule has 2 heteroatoms. The monoisotopic (exact) mass is 142 g/mol. The van der Waals surface area contributed by atoms with Gasteiger partial charge in [0.25, 0.3) is 0 Å². The fourth-order valence-corrected chi connectivity index (χ4v) is 1.14. The van der Waals surface area contributed by atoms with E-state index in [0.29, 0.717) is 6.32 Å². The Morgan fingerprint density at radius 1 is 1.27 bits per heavy atom. The maximum Gasteiger partial charge on any atom is 0.133 e. The molecule has 0 saturated heterocycles. The van der Waals surface area contributed by atoms with Crippen LogP contribution in [0.4, 0.5) is 0 Å². The molecule has 1 aromatic carbocycles. The first-order chi connectivity index (χ1) is 5.40. The van der Waals surface area contributed by atoms with Crippen LogP contribution in [0.15, 0.2) is 34.9 Å². The van der Waals surface area contributed by atoms with Gasteiger partial charge >= 0.3 is 0 Å². The standard InChI is InChI=1S/C9H7BO/c10-6-7-1-2-9-8(5-7)3-4-11-9/h1-5H,6H2. The van der Waals surface area contributed by atoms with Crippen molar-refractivity contribution in [2.24, 2.45) is 0 Å². The molecule has 0 bridgehead atoms. The number of benzene rings is 1. The summed E-state index contributed by atoms with van der Waals surface area (Å²) in [6.07, 6.45) is 2.27. The number of furan rings is 1. The third-order valence-corrected chi connectivity index (χ3v) is 1.75. The van der Waals surface area contributed by atoms with Gasteiger partial charge in [-0.15, -0.1) is 0 Å². The molecular formula is C9H7BO. The molecule has 2 aromatic rings. The number of fused-ring (bicyclic) bond motifs is 1. The van der Waals surface area contributed by atoms with Crippen molar-refractivity contribution >= 4 is 18.8 Å². The molecule has 0 aliphatic heterocycles. The minimum absolute atomic E-state index is 0.584. The summed E-state index contributed by atoms with van der Waals surface area (Å²) in [5.74, 6) is 0. The van der Waals surface area contributed by atoms with Crippen LogP contribution in [0, 0.1) is 0 Å². The van der Waals surface area contributed by atoms with Crippen LogP contribution in [-0.4, -0.2) is 7.85 Å². The van der Waals surface area contributed by atoms with E-state index in [9.17, 15) is 0 Å². The Kier molecular flexibility index (Phi) is 1.46. The Morgan fingerprint density at radius 2 is 2.18 bits per heavy atom. The van der Waals surface area contributed by atoms with Crippen molar-refractivity contribution in [2.75, 3.05) is 0 Å². The summed E-state index contributed by atoms with van der Waals surface area (Å²) < 4.78 is 5.18. The predicted octanol–water partition coefficient (Wildman–Crippen LogP) is 2.10. The van der Waals surface area contributed by atoms with Crippen LogP contribution >= 0.6 is 0 Å². The van der Waals surface area contributed by atoms with Gasteiger partial charge in [-0.25, -0.2) is 0 Å². The van der Waals surface area contributed by atoms with Gasteiger partial charge in [-0.1, -0.05) is 17.9 Å². The first-order valence-electron chi connectivity index (χ1n) is 3.56. The largest absolute Gasteiger partial charge is 0.464 e. The van der Waals surface area contributed by atoms with E-state index in [1.54, 1.807) is 6.26 Å². The van der Waals surface area contributed by atoms with Gasteiger partial charge in [0.1, 0.15) is 5.58 Å². The van der Waals surface area contributed by atoms with E-state index in [2.05, 4.69) is 0 Å². The number of rotatable bonds is 1. The highest BCUT2D eigenvalue weighted by atomic mass is 16.3. The summed E-state index contributed by atoms with van der Waals surface area (Å²) in [7, 11) is 5.48. The van der Waals surface area contributed by atoms with Crippen molar-refractivity contribution < 1.29 is 4.42 Å². The molecule has 2 radical (unpaired) electrons. The topological polar surface area (TPSA) is 13.1 Å². The normalized spacial score (nSPS) is 10.5. The van der Waals surface area contributed by atoms with Gasteiger partial charge < -0.3 is 4.42 Å². The fourth-order valence-electron chi connectivity index (χ4n) is 1.14. The third-order valence-electron chi connectivity index (χ3n) is 1.75. The smallest absolute Gasteiger partial charge is 0.133 e. The summed E-state index contributed by atoms with van der Waals surface area (Å²) in [6, 6.07) is 7.90. The van der Waals surface area contributed by atoms with E-state index < -0.39 is 0 Å². The van der Waals surface area contributed by atoms with Crippen molar-refractivity contribution in [2.45, 2.75) is 6.32 Å². The third kappa shape index (κ3) is 1.05. The fraction of sp³-hybridized carbons (Fsp3) is 0.111. The van der Waals surface area contributed by atoms with Crippen LogP contribution in [-0.2, 0) is 6.32 Å². The first-order valence-corrected chi connectivity index (χ1v) is 3.56. The lowest BCUT2D eigenvalue weighted by Gasteiger charge is -1.93. The molecule has 0 unspecified atom stereocenters. The molecule has 0 spiro atoms. The van der Waals surface area contributed by atoms with Crippen LogP contribution in [0.1, 0.15) is 5.56 Å². The second-order valence-corrected chi connectivity index (χ2v) is 2.50. The Balaban J connectivity index is 2.67. The van der Waals surface area contributed by atoms with E-state index in [0.717, 1.165) is 16.5 Å². The maximum absolute atomic E-state index is 5.48. The zero-order valence-electron chi connectivity index (χ0n) is 6.08. The second kappa shape index (κ2) is 2.46. The highest BCUT2D eigenvalue weighted by Crippen LogP contribution is 2.16. The van der Waals surface area contributed by atoms with Gasteiger partial charge in [0.05, 0.1) is 14.1 Å². The van der Waals surface area contributed by atoms with Crippen LogP contribution in [0.3, 0.4) is 0 Å². The average Bonchev–Trinajstić information content (AvgIpc) is 2.50. The van der Waals surface area contributed by atoms with Crippen molar-refractivity contribution in [3.8, 4) is 0 Å². The minimum atomic E-state index is 0.584.